The summed E-state index contributed by atoms with van der Waals surface area (Å²) in [5, 5.41) is 8.93. The molecule has 0 aromatic heterocycles. The van der Waals surface area contributed by atoms with Crippen molar-refractivity contribution in [2.24, 2.45) is 5.73 Å². The first-order chi connectivity index (χ1) is 7.39. The Labute approximate surface area is 95.0 Å². The van der Waals surface area contributed by atoms with Gasteiger partial charge in [-0.1, -0.05) is 26.0 Å². The third-order valence-electron chi connectivity index (χ3n) is 2.88. The largest absolute Gasteiger partial charge is 0.497 e. The second-order valence-electron chi connectivity index (χ2n) is 4.27. The molecule has 0 radical (unpaired) electrons. The lowest BCUT2D eigenvalue weighted by Crippen LogP contribution is -2.46. The van der Waals surface area contributed by atoms with Gasteiger partial charge in [0.2, 0.25) is 0 Å². The quantitative estimate of drug-likeness (QED) is 0.809. The maximum absolute atomic E-state index is 10.9. The molecule has 0 bridgehead atoms. The summed E-state index contributed by atoms with van der Waals surface area (Å²) in [5.41, 5.74) is 5.93. The van der Waals surface area contributed by atoms with E-state index in [9.17, 15) is 4.79 Å². The maximum Gasteiger partial charge on any atom is 0.321 e. The number of hydrogen-bond donors (Lipinski definition) is 2. The molecule has 1 aromatic carbocycles. The Morgan fingerprint density at radius 1 is 1.38 bits per heavy atom. The molecule has 3 N–H and O–H groups in total. The van der Waals surface area contributed by atoms with E-state index in [1.54, 1.807) is 19.2 Å². The van der Waals surface area contributed by atoms with E-state index in [2.05, 4.69) is 0 Å². The van der Waals surface area contributed by atoms with Gasteiger partial charge in [0, 0.05) is 5.41 Å². The Morgan fingerprint density at radius 2 is 1.88 bits per heavy atom. The standard InChI is InChI=1S/C12H17NO3/c1-12(2,10(13)11(14)15)8-4-6-9(16-3)7-5-8/h4-7,10H,13H2,1-3H3,(H,14,15). The molecule has 1 aromatic rings. The summed E-state index contributed by atoms with van der Waals surface area (Å²) in [6.07, 6.45) is 0. The summed E-state index contributed by atoms with van der Waals surface area (Å²) in [5.74, 6) is -0.260. The smallest absolute Gasteiger partial charge is 0.321 e. The van der Waals surface area contributed by atoms with Crippen molar-refractivity contribution in [1.82, 2.24) is 0 Å². The fraction of sp³-hybridized carbons (Fsp3) is 0.417. The van der Waals surface area contributed by atoms with Crippen LogP contribution in [0.2, 0.25) is 0 Å². The number of nitrogens with two attached hydrogens (primary N) is 1. The Balaban J connectivity index is 3.02. The summed E-state index contributed by atoms with van der Waals surface area (Å²) < 4.78 is 5.04. The van der Waals surface area contributed by atoms with Crippen LogP contribution in [-0.2, 0) is 10.2 Å². The van der Waals surface area contributed by atoms with Gasteiger partial charge in [-0.2, -0.15) is 0 Å². The Bertz CT molecular complexity index is 370. The molecule has 0 heterocycles. The maximum atomic E-state index is 10.9. The zero-order valence-corrected chi connectivity index (χ0v) is 9.73. The number of carboxylic acids is 1. The molecule has 4 heteroatoms. The van der Waals surface area contributed by atoms with Gasteiger partial charge in [-0.3, -0.25) is 4.79 Å². The second-order valence-corrected chi connectivity index (χ2v) is 4.27. The number of ether oxygens (including phenoxy) is 1. The lowest BCUT2D eigenvalue weighted by atomic mass is 9.78. The summed E-state index contributed by atoms with van der Waals surface area (Å²) in [4.78, 5) is 10.9. The molecule has 0 saturated carbocycles. The van der Waals surface area contributed by atoms with E-state index < -0.39 is 17.4 Å². The number of carbonyl (C=O) groups is 1. The summed E-state index contributed by atoms with van der Waals surface area (Å²) in [6.45, 7) is 3.63. The van der Waals surface area contributed by atoms with Crippen LogP contribution in [0.1, 0.15) is 19.4 Å². The van der Waals surface area contributed by atoms with Crippen molar-refractivity contribution in [2.45, 2.75) is 25.3 Å². The Hall–Kier alpha value is -1.55. The molecule has 0 fully saturated rings. The van der Waals surface area contributed by atoms with Crippen molar-refractivity contribution >= 4 is 5.97 Å². The summed E-state index contributed by atoms with van der Waals surface area (Å²) in [7, 11) is 1.59. The molecule has 1 atom stereocenters. The molecule has 16 heavy (non-hydrogen) atoms. The number of hydrogen-bond acceptors (Lipinski definition) is 3. The Morgan fingerprint density at radius 3 is 2.25 bits per heavy atom. The van der Waals surface area contributed by atoms with Crippen LogP contribution in [0.25, 0.3) is 0 Å². The number of aliphatic carboxylic acids is 1. The molecule has 88 valence electrons. The van der Waals surface area contributed by atoms with Crippen LogP contribution in [0.15, 0.2) is 24.3 Å². The van der Waals surface area contributed by atoms with Crippen LogP contribution in [0.5, 0.6) is 5.75 Å². The summed E-state index contributed by atoms with van der Waals surface area (Å²) >= 11 is 0. The average molecular weight is 223 g/mol. The van der Waals surface area contributed by atoms with Crippen LogP contribution >= 0.6 is 0 Å². The van der Waals surface area contributed by atoms with E-state index in [0.29, 0.717) is 0 Å². The van der Waals surface area contributed by atoms with Gasteiger partial charge in [0.15, 0.2) is 0 Å². The third kappa shape index (κ3) is 2.33. The van der Waals surface area contributed by atoms with Crippen molar-refractivity contribution in [3.05, 3.63) is 29.8 Å². The van der Waals surface area contributed by atoms with E-state index in [0.717, 1.165) is 11.3 Å². The molecule has 0 spiro atoms. The molecule has 0 saturated heterocycles. The van der Waals surface area contributed by atoms with Gasteiger partial charge in [-0.25, -0.2) is 0 Å². The monoisotopic (exact) mass is 223 g/mol. The highest BCUT2D eigenvalue weighted by atomic mass is 16.5. The van der Waals surface area contributed by atoms with Crippen LogP contribution in [0.3, 0.4) is 0 Å². The first-order valence-corrected chi connectivity index (χ1v) is 5.02. The second kappa shape index (κ2) is 4.53. The van der Waals surface area contributed by atoms with E-state index in [4.69, 9.17) is 15.6 Å². The molecule has 0 amide bonds. The van der Waals surface area contributed by atoms with E-state index in [1.165, 1.54) is 0 Å². The molecular weight excluding hydrogens is 206 g/mol. The number of rotatable bonds is 4. The zero-order chi connectivity index (χ0) is 12.3. The van der Waals surface area contributed by atoms with Crippen LogP contribution in [-0.4, -0.2) is 24.2 Å². The molecular formula is C12H17NO3. The van der Waals surface area contributed by atoms with Gasteiger partial charge in [0.25, 0.3) is 0 Å². The van der Waals surface area contributed by atoms with Gasteiger partial charge >= 0.3 is 5.97 Å². The van der Waals surface area contributed by atoms with Gasteiger partial charge < -0.3 is 15.6 Å². The first-order valence-electron chi connectivity index (χ1n) is 5.02. The van der Waals surface area contributed by atoms with Crippen molar-refractivity contribution in [3.63, 3.8) is 0 Å². The number of methoxy groups -OCH3 is 1. The highest BCUT2D eigenvalue weighted by molar-refractivity contribution is 5.75. The molecule has 0 aliphatic carbocycles. The van der Waals surface area contributed by atoms with Crippen molar-refractivity contribution in [3.8, 4) is 5.75 Å². The Kier molecular flexibility index (Phi) is 3.55. The third-order valence-corrected chi connectivity index (χ3v) is 2.88. The highest BCUT2D eigenvalue weighted by Gasteiger charge is 2.33. The van der Waals surface area contributed by atoms with Crippen LogP contribution in [0, 0.1) is 0 Å². The topological polar surface area (TPSA) is 72.5 Å². The van der Waals surface area contributed by atoms with E-state index in [-0.39, 0.29) is 0 Å². The minimum absolute atomic E-state index is 0.613. The van der Waals surface area contributed by atoms with Crippen molar-refractivity contribution in [1.29, 1.82) is 0 Å². The van der Waals surface area contributed by atoms with Gasteiger partial charge in [-0.05, 0) is 17.7 Å². The fourth-order valence-electron chi connectivity index (χ4n) is 1.51. The lowest BCUT2D eigenvalue weighted by molar-refractivity contribution is -0.140. The number of benzene rings is 1. The molecule has 1 rings (SSSR count). The average Bonchev–Trinajstić information content (AvgIpc) is 2.28. The van der Waals surface area contributed by atoms with Gasteiger partial charge in [-0.15, -0.1) is 0 Å². The van der Waals surface area contributed by atoms with Crippen LogP contribution in [0.4, 0.5) is 0 Å². The predicted octanol–water partition coefficient (Wildman–Crippen LogP) is 1.38. The van der Waals surface area contributed by atoms with E-state index in [1.807, 2.05) is 26.0 Å². The van der Waals surface area contributed by atoms with Gasteiger partial charge in [0.1, 0.15) is 11.8 Å². The van der Waals surface area contributed by atoms with Crippen LogP contribution < -0.4 is 10.5 Å². The van der Waals surface area contributed by atoms with Crippen molar-refractivity contribution in [2.75, 3.05) is 7.11 Å². The minimum Gasteiger partial charge on any atom is -0.497 e. The fourth-order valence-corrected chi connectivity index (χ4v) is 1.51. The van der Waals surface area contributed by atoms with Gasteiger partial charge in [0.05, 0.1) is 7.11 Å². The molecule has 4 nitrogen and oxygen atoms in total. The molecule has 0 aliphatic heterocycles. The first kappa shape index (κ1) is 12.5. The minimum atomic E-state index is -0.999. The SMILES string of the molecule is COc1ccc(C(C)(C)C(N)C(=O)O)cc1. The number of carboxylic acid groups (broad SMARTS) is 1. The molecule has 1 unspecified atom stereocenters. The van der Waals surface area contributed by atoms with Crippen molar-refractivity contribution < 1.29 is 14.6 Å². The summed E-state index contributed by atoms with van der Waals surface area (Å²) in [6, 6.07) is 6.33. The normalized spacial score (nSPS) is 13.2. The zero-order valence-electron chi connectivity index (χ0n) is 9.73. The van der Waals surface area contributed by atoms with E-state index >= 15 is 0 Å². The highest BCUT2D eigenvalue weighted by Crippen LogP contribution is 2.27. The lowest BCUT2D eigenvalue weighted by Gasteiger charge is -2.29. The predicted molar refractivity (Wildman–Crippen MR) is 61.6 cm³/mol. The molecule has 0 aliphatic rings.